The zero-order valence-electron chi connectivity index (χ0n) is 11.8. The smallest absolute Gasteiger partial charge is 0.311 e. The van der Waals surface area contributed by atoms with E-state index in [4.69, 9.17) is 9.47 Å². The molecule has 1 saturated carbocycles. The van der Waals surface area contributed by atoms with Gasteiger partial charge in [-0.25, -0.2) is 0 Å². The second kappa shape index (κ2) is 7.10. The second-order valence-corrected chi connectivity index (χ2v) is 5.05. The molecule has 4 heteroatoms. The Bertz CT molecular complexity index is 267. The molecule has 1 aliphatic carbocycles. The fraction of sp³-hybridized carbons (Fsp3) is 0.929. The third-order valence-corrected chi connectivity index (χ3v) is 3.89. The summed E-state index contributed by atoms with van der Waals surface area (Å²) in [6.07, 6.45) is 4.66. The van der Waals surface area contributed by atoms with Gasteiger partial charge in [0.25, 0.3) is 0 Å². The lowest BCUT2D eigenvalue weighted by atomic mass is 9.72. The minimum absolute atomic E-state index is 0.257. The van der Waals surface area contributed by atoms with Crippen LogP contribution in [0.25, 0.3) is 0 Å². The van der Waals surface area contributed by atoms with Gasteiger partial charge in [0.05, 0.1) is 18.6 Å². The van der Waals surface area contributed by atoms with Gasteiger partial charge >= 0.3 is 5.97 Å². The van der Waals surface area contributed by atoms with Crippen LogP contribution in [0.2, 0.25) is 0 Å². The Hall–Kier alpha value is -0.610. The van der Waals surface area contributed by atoms with E-state index in [1.165, 1.54) is 0 Å². The molecule has 4 nitrogen and oxygen atoms in total. The maximum absolute atomic E-state index is 12.1. The van der Waals surface area contributed by atoms with Crippen LogP contribution in [0, 0.1) is 5.92 Å². The summed E-state index contributed by atoms with van der Waals surface area (Å²) in [7, 11) is 1.61. The maximum atomic E-state index is 12.1. The first-order valence-corrected chi connectivity index (χ1v) is 7.01. The molecule has 0 amide bonds. The van der Waals surface area contributed by atoms with Crippen LogP contribution in [0.3, 0.4) is 0 Å². The molecule has 0 saturated heterocycles. The molecule has 0 bridgehead atoms. The number of aliphatic hydroxyl groups is 1. The van der Waals surface area contributed by atoms with E-state index in [9.17, 15) is 9.90 Å². The predicted octanol–water partition coefficient (Wildman–Crippen LogP) is 2.29. The summed E-state index contributed by atoms with van der Waals surface area (Å²) in [6, 6.07) is 0. The van der Waals surface area contributed by atoms with Crippen LogP contribution in [0.1, 0.15) is 52.4 Å². The summed E-state index contributed by atoms with van der Waals surface area (Å²) in [5.74, 6) is -0.751. The van der Waals surface area contributed by atoms with Crippen LogP contribution in [0.15, 0.2) is 0 Å². The van der Waals surface area contributed by atoms with Gasteiger partial charge in [-0.2, -0.15) is 0 Å². The van der Waals surface area contributed by atoms with E-state index < -0.39 is 11.5 Å². The first-order chi connectivity index (χ1) is 8.60. The summed E-state index contributed by atoms with van der Waals surface area (Å²) >= 11 is 0. The quantitative estimate of drug-likeness (QED) is 0.743. The van der Waals surface area contributed by atoms with Crippen LogP contribution in [-0.2, 0) is 14.3 Å². The van der Waals surface area contributed by atoms with Crippen LogP contribution in [-0.4, -0.2) is 36.5 Å². The van der Waals surface area contributed by atoms with E-state index >= 15 is 0 Å². The van der Waals surface area contributed by atoms with Gasteiger partial charge in [0.1, 0.15) is 5.60 Å². The molecule has 0 aliphatic heterocycles. The van der Waals surface area contributed by atoms with E-state index in [1.807, 2.05) is 6.92 Å². The molecule has 1 rings (SSSR count). The lowest BCUT2D eigenvalue weighted by Crippen LogP contribution is -2.54. The Kier molecular flexibility index (Phi) is 6.09. The van der Waals surface area contributed by atoms with E-state index in [0.717, 1.165) is 25.7 Å². The lowest BCUT2D eigenvalue weighted by molar-refractivity contribution is -0.182. The molecule has 1 aliphatic rings. The molecule has 0 aromatic rings. The fourth-order valence-electron chi connectivity index (χ4n) is 2.97. The van der Waals surface area contributed by atoms with Gasteiger partial charge in [-0.3, -0.25) is 4.79 Å². The van der Waals surface area contributed by atoms with Crippen molar-refractivity contribution in [1.29, 1.82) is 0 Å². The molecule has 0 heterocycles. The van der Waals surface area contributed by atoms with E-state index in [2.05, 4.69) is 0 Å². The average Bonchev–Trinajstić information content (AvgIpc) is 2.36. The molecule has 0 aromatic heterocycles. The molecule has 0 spiro atoms. The number of ether oxygens (including phenoxy) is 2. The summed E-state index contributed by atoms with van der Waals surface area (Å²) < 4.78 is 10.5. The first-order valence-electron chi connectivity index (χ1n) is 7.01. The molecule has 1 fully saturated rings. The average molecular weight is 258 g/mol. The molecule has 3 atom stereocenters. The zero-order chi connectivity index (χ0) is 13.6. The van der Waals surface area contributed by atoms with Crippen molar-refractivity contribution < 1.29 is 19.4 Å². The summed E-state index contributed by atoms with van der Waals surface area (Å²) in [5, 5.41) is 10.9. The molecule has 3 unspecified atom stereocenters. The van der Waals surface area contributed by atoms with Gasteiger partial charge in [0.2, 0.25) is 0 Å². The minimum Gasteiger partial charge on any atom is -0.466 e. The number of hydrogen-bond acceptors (Lipinski definition) is 4. The van der Waals surface area contributed by atoms with E-state index in [0.29, 0.717) is 19.4 Å². The van der Waals surface area contributed by atoms with Gasteiger partial charge in [-0.05, 0) is 26.2 Å². The molecular weight excluding hydrogens is 232 g/mol. The van der Waals surface area contributed by atoms with Crippen LogP contribution >= 0.6 is 0 Å². The number of hydrogen-bond donors (Lipinski definition) is 1. The fourth-order valence-corrected chi connectivity index (χ4v) is 2.97. The maximum Gasteiger partial charge on any atom is 0.311 e. The molecule has 106 valence electrons. The number of esters is 1. The second-order valence-electron chi connectivity index (χ2n) is 5.05. The topological polar surface area (TPSA) is 55.8 Å². The normalized spacial score (nSPS) is 29.9. The van der Waals surface area contributed by atoms with Crippen LogP contribution < -0.4 is 0 Å². The molecule has 1 N–H and O–H groups in total. The van der Waals surface area contributed by atoms with Gasteiger partial charge in [-0.15, -0.1) is 0 Å². The highest BCUT2D eigenvalue weighted by Gasteiger charge is 2.49. The van der Waals surface area contributed by atoms with Crippen molar-refractivity contribution in [3.05, 3.63) is 0 Å². The summed E-state index contributed by atoms with van der Waals surface area (Å²) in [6.45, 7) is 4.16. The SMILES string of the molecule is CCCC(C(=O)OCC)C1(O)CCCCC1OC. The van der Waals surface area contributed by atoms with Gasteiger partial charge in [0, 0.05) is 7.11 Å². The Morgan fingerprint density at radius 3 is 2.72 bits per heavy atom. The first kappa shape index (κ1) is 15.4. The molecule has 0 aromatic carbocycles. The van der Waals surface area contributed by atoms with Gasteiger partial charge in [-0.1, -0.05) is 26.2 Å². The monoisotopic (exact) mass is 258 g/mol. The third kappa shape index (κ3) is 3.23. The van der Waals surface area contributed by atoms with E-state index in [-0.39, 0.29) is 12.1 Å². The van der Waals surface area contributed by atoms with Crippen LogP contribution in [0.4, 0.5) is 0 Å². The Labute approximate surface area is 110 Å². The number of methoxy groups -OCH3 is 1. The highest BCUT2D eigenvalue weighted by Crippen LogP contribution is 2.39. The van der Waals surface area contributed by atoms with E-state index in [1.54, 1.807) is 14.0 Å². The van der Waals surface area contributed by atoms with Crippen molar-refractivity contribution in [2.24, 2.45) is 5.92 Å². The Morgan fingerprint density at radius 1 is 1.44 bits per heavy atom. The lowest BCUT2D eigenvalue weighted by Gasteiger charge is -2.43. The minimum atomic E-state index is -1.06. The van der Waals surface area contributed by atoms with Crippen molar-refractivity contribution in [2.45, 2.75) is 64.1 Å². The molecule has 0 radical (unpaired) electrons. The highest BCUT2D eigenvalue weighted by atomic mass is 16.5. The van der Waals surface area contributed by atoms with Gasteiger partial charge in [0.15, 0.2) is 0 Å². The summed E-state index contributed by atoms with van der Waals surface area (Å²) in [5.41, 5.74) is -1.06. The van der Waals surface area contributed by atoms with Crippen molar-refractivity contribution >= 4 is 5.97 Å². The van der Waals surface area contributed by atoms with Crippen LogP contribution in [0.5, 0.6) is 0 Å². The zero-order valence-corrected chi connectivity index (χ0v) is 11.8. The standard InChI is InChI=1S/C14H26O4/c1-4-8-11(13(15)18-5-2)14(16)10-7-6-9-12(14)17-3/h11-12,16H,4-10H2,1-3H3. The Balaban J connectivity index is 2.89. The number of rotatable bonds is 6. The predicted molar refractivity (Wildman–Crippen MR) is 69.2 cm³/mol. The number of carbonyl (C=O) groups is 1. The third-order valence-electron chi connectivity index (χ3n) is 3.89. The van der Waals surface area contributed by atoms with Gasteiger partial charge < -0.3 is 14.6 Å². The largest absolute Gasteiger partial charge is 0.466 e. The molecular formula is C14H26O4. The number of carbonyl (C=O) groups excluding carboxylic acids is 1. The van der Waals surface area contributed by atoms with Crippen molar-refractivity contribution in [3.63, 3.8) is 0 Å². The highest BCUT2D eigenvalue weighted by molar-refractivity contribution is 5.74. The van der Waals surface area contributed by atoms with Crippen molar-refractivity contribution in [1.82, 2.24) is 0 Å². The summed E-state index contributed by atoms with van der Waals surface area (Å²) in [4.78, 5) is 12.1. The van der Waals surface area contributed by atoms with Crippen molar-refractivity contribution in [3.8, 4) is 0 Å². The Morgan fingerprint density at radius 2 is 2.17 bits per heavy atom. The van der Waals surface area contributed by atoms with Crippen molar-refractivity contribution in [2.75, 3.05) is 13.7 Å². The molecule has 18 heavy (non-hydrogen) atoms.